The Balaban J connectivity index is 2.14. The van der Waals surface area contributed by atoms with Crippen LogP contribution >= 0.6 is 11.6 Å². The Morgan fingerprint density at radius 3 is 2.25 bits per heavy atom. The standard InChI is InChI=1S/C19H15ClN2O6/c20-13-5-1-11(2-6-13)16-15(18(25)19(26)21(16)9-10-23)17(24)12-3-7-14(8-4-12)22(27)28/h1-8,16,23-24H,9-10H2/b17-15+/t16-/m1/s1. The predicted octanol–water partition coefficient (Wildman–Crippen LogP) is 2.66. The number of nitro benzene ring substituents is 1. The Morgan fingerprint density at radius 1 is 1.11 bits per heavy atom. The van der Waals surface area contributed by atoms with E-state index in [-0.39, 0.29) is 30.0 Å². The minimum absolute atomic E-state index is 0.102. The lowest BCUT2D eigenvalue weighted by Gasteiger charge is -2.24. The molecule has 1 heterocycles. The van der Waals surface area contributed by atoms with Crippen molar-refractivity contribution in [1.82, 2.24) is 4.90 Å². The number of rotatable bonds is 5. The van der Waals surface area contributed by atoms with E-state index in [9.17, 15) is 29.9 Å². The third kappa shape index (κ3) is 3.47. The molecule has 9 heteroatoms. The number of ketones is 1. The van der Waals surface area contributed by atoms with E-state index in [1.165, 1.54) is 29.2 Å². The number of likely N-dealkylation sites (tertiary alicyclic amines) is 1. The second-order valence-electron chi connectivity index (χ2n) is 6.07. The lowest BCUT2D eigenvalue weighted by atomic mass is 9.95. The summed E-state index contributed by atoms with van der Waals surface area (Å²) in [6.45, 7) is -0.469. The molecule has 28 heavy (non-hydrogen) atoms. The number of non-ortho nitro benzene ring substituents is 1. The summed E-state index contributed by atoms with van der Waals surface area (Å²) in [5, 5.41) is 31.3. The summed E-state index contributed by atoms with van der Waals surface area (Å²) in [6, 6.07) is 10.5. The molecular formula is C19H15ClN2O6. The summed E-state index contributed by atoms with van der Waals surface area (Å²) in [6.07, 6.45) is 0. The lowest BCUT2D eigenvalue weighted by Crippen LogP contribution is -2.32. The van der Waals surface area contributed by atoms with Crippen LogP contribution in [0.4, 0.5) is 5.69 Å². The quantitative estimate of drug-likeness (QED) is 0.261. The van der Waals surface area contributed by atoms with Gasteiger partial charge in [0.05, 0.1) is 23.1 Å². The summed E-state index contributed by atoms with van der Waals surface area (Å²) >= 11 is 5.90. The minimum Gasteiger partial charge on any atom is -0.507 e. The highest BCUT2D eigenvalue weighted by atomic mass is 35.5. The van der Waals surface area contributed by atoms with Crippen molar-refractivity contribution in [3.05, 3.63) is 80.4 Å². The fraction of sp³-hybridized carbons (Fsp3) is 0.158. The SMILES string of the molecule is O=C1C(=O)N(CCO)[C@H](c2ccc(Cl)cc2)/C1=C(\O)c1ccc([N+](=O)[O-])cc1. The maximum atomic E-state index is 12.6. The van der Waals surface area contributed by atoms with Crippen LogP contribution in [0.3, 0.4) is 0 Å². The van der Waals surface area contributed by atoms with E-state index < -0.39 is 28.4 Å². The molecule has 144 valence electrons. The molecule has 0 saturated carbocycles. The van der Waals surface area contributed by atoms with Gasteiger partial charge in [-0.3, -0.25) is 19.7 Å². The van der Waals surface area contributed by atoms with E-state index in [4.69, 9.17) is 11.6 Å². The average molecular weight is 403 g/mol. The molecule has 0 bridgehead atoms. The predicted molar refractivity (Wildman–Crippen MR) is 101 cm³/mol. The molecular weight excluding hydrogens is 388 g/mol. The number of β-amino-alcohol motifs (C(OH)–C–C–N with tert-alkyl or cyclic N) is 1. The van der Waals surface area contributed by atoms with Crippen molar-refractivity contribution in [1.29, 1.82) is 0 Å². The topological polar surface area (TPSA) is 121 Å². The fourth-order valence-corrected chi connectivity index (χ4v) is 3.23. The van der Waals surface area contributed by atoms with Gasteiger partial charge in [0.15, 0.2) is 0 Å². The van der Waals surface area contributed by atoms with E-state index in [1.807, 2.05) is 0 Å². The number of benzene rings is 2. The molecule has 0 spiro atoms. The Hall–Kier alpha value is -3.23. The zero-order chi connectivity index (χ0) is 20.4. The number of aliphatic hydroxyl groups excluding tert-OH is 2. The number of aliphatic hydroxyl groups is 2. The van der Waals surface area contributed by atoms with Crippen molar-refractivity contribution < 1.29 is 24.7 Å². The van der Waals surface area contributed by atoms with Gasteiger partial charge in [-0.05, 0) is 29.8 Å². The molecule has 0 aromatic heterocycles. The van der Waals surface area contributed by atoms with Gasteiger partial charge in [-0.2, -0.15) is 0 Å². The van der Waals surface area contributed by atoms with Gasteiger partial charge in [0.25, 0.3) is 17.4 Å². The molecule has 2 N–H and O–H groups in total. The van der Waals surface area contributed by atoms with Crippen molar-refractivity contribution >= 4 is 34.7 Å². The lowest BCUT2D eigenvalue weighted by molar-refractivity contribution is -0.384. The highest BCUT2D eigenvalue weighted by Gasteiger charge is 2.45. The maximum absolute atomic E-state index is 12.6. The monoisotopic (exact) mass is 402 g/mol. The molecule has 0 radical (unpaired) electrons. The first-order chi connectivity index (χ1) is 13.3. The molecule has 8 nitrogen and oxygen atoms in total. The van der Waals surface area contributed by atoms with Crippen LogP contribution in [-0.4, -0.2) is 44.9 Å². The highest BCUT2D eigenvalue weighted by Crippen LogP contribution is 2.39. The smallest absolute Gasteiger partial charge is 0.295 e. The van der Waals surface area contributed by atoms with Gasteiger partial charge in [0, 0.05) is 29.3 Å². The van der Waals surface area contributed by atoms with Crippen molar-refractivity contribution in [2.75, 3.05) is 13.2 Å². The maximum Gasteiger partial charge on any atom is 0.295 e. The zero-order valence-corrected chi connectivity index (χ0v) is 15.2. The molecule has 1 aliphatic rings. The first-order valence-corrected chi connectivity index (χ1v) is 8.62. The summed E-state index contributed by atoms with van der Waals surface area (Å²) in [4.78, 5) is 36.4. The molecule has 2 aromatic carbocycles. The second-order valence-corrected chi connectivity index (χ2v) is 6.51. The van der Waals surface area contributed by atoms with Gasteiger partial charge in [0.1, 0.15) is 5.76 Å². The number of hydrogen-bond acceptors (Lipinski definition) is 6. The van der Waals surface area contributed by atoms with Crippen LogP contribution in [0.15, 0.2) is 54.1 Å². The minimum atomic E-state index is -0.917. The number of hydrogen-bond donors (Lipinski definition) is 2. The number of carbonyl (C=O) groups is 2. The molecule has 0 aliphatic carbocycles. The Labute approximate surface area is 164 Å². The summed E-state index contributed by atoms with van der Waals surface area (Å²) in [7, 11) is 0. The third-order valence-corrected chi connectivity index (χ3v) is 4.67. The van der Waals surface area contributed by atoms with Gasteiger partial charge in [-0.25, -0.2) is 0 Å². The average Bonchev–Trinajstić information content (AvgIpc) is 2.93. The van der Waals surface area contributed by atoms with Crippen molar-refractivity contribution in [2.45, 2.75) is 6.04 Å². The molecule has 0 unspecified atom stereocenters. The number of nitrogens with zero attached hydrogens (tertiary/aromatic N) is 2. The van der Waals surface area contributed by atoms with Crippen LogP contribution in [0.25, 0.3) is 5.76 Å². The highest BCUT2D eigenvalue weighted by molar-refractivity contribution is 6.46. The first kappa shape index (κ1) is 19.5. The molecule has 1 amide bonds. The van der Waals surface area contributed by atoms with Crippen LogP contribution in [0, 0.1) is 10.1 Å². The number of carbonyl (C=O) groups excluding carboxylic acids is 2. The van der Waals surface area contributed by atoms with E-state index in [1.54, 1.807) is 24.3 Å². The molecule has 3 rings (SSSR count). The molecule has 1 atom stereocenters. The molecule has 1 fully saturated rings. The number of halogens is 1. The van der Waals surface area contributed by atoms with Gasteiger partial charge in [-0.15, -0.1) is 0 Å². The first-order valence-electron chi connectivity index (χ1n) is 8.24. The van der Waals surface area contributed by atoms with Gasteiger partial charge >= 0.3 is 0 Å². The van der Waals surface area contributed by atoms with Gasteiger partial charge < -0.3 is 15.1 Å². The summed E-state index contributed by atoms with van der Waals surface area (Å²) < 4.78 is 0. The normalized spacial score (nSPS) is 18.5. The van der Waals surface area contributed by atoms with E-state index >= 15 is 0 Å². The van der Waals surface area contributed by atoms with Crippen LogP contribution in [0.2, 0.25) is 5.02 Å². The molecule has 1 aliphatic heterocycles. The van der Waals surface area contributed by atoms with Crippen LogP contribution in [0.1, 0.15) is 17.2 Å². The molecule has 1 saturated heterocycles. The Morgan fingerprint density at radius 2 is 1.71 bits per heavy atom. The van der Waals surface area contributed by atoms with E-state index in [0.29, 0.717) is 10.6 Å². The third-order valence-electron chi connectivity index (χ3n) is 4.42. The van der Waals surface area contributed by atoms with Crippen molar-refractivity contribution in [3.63, 3.8) is 0 Å². The second kappa shape index (κ2) is 7.79. The number of Topliss-reactive ketones (excluding diaryl/α,β-unsaturated/α-hetero) is 1. The number of amides is 1. The van der Waals surface area contributed by atoms with Crippen LogP contribution < -0.4 is 0 Å². The number of nitro groups is 1. The van der Waals surface area contributed by atoms with E-state index in [2.05, 4.69) is 0 Å². The van der Waals surface area contributed by atoms with Crippen molar-refractivity contribution in [2.24, 2.45) is 0 Å². The van der Waals surface area contributed by atoms with Crippen LogP contribution in [-0.2, 0) is 9.59 Å². The Bertz CT molecular complexity index is 969. The van der Waals surface area contributed by atoms with Gasteiger partial charge in [0.2, 0.25) is 0 Å². The summed E-state index contributed by atoms with van der Waals surface area (Å²) in [5.41, 5.74) is 0.355. The zero-order valence-electron chi connectivity index (χ0n) is 14.4. The fourth-order valence-electron chi connectivity index (χ4n) is 3.11. The summed E-state index contributed by atoms with van der Waals surface area (Å²) in [5.74, 6) is -2.20. The van der Waals surface area contributed by atoms with Crippen molar-refractivity contribution in [3.8, 4) is 0 Å². The molecule has 2 aromatic rings. The largest absolute Gasteiger partial charge is 0.507 e. The van der Waals surface area contributed by atoms with Gasteiger partial charge in [-0.1, -0.05) is 23.7 Å². The Kier molecular flexibility index (Phi) is 5.43. The van der Waals surface area contributed by atoms with Crippen LogP contribution in [0.5, 0.6) is 0 Å². The van der Waals surface area contributed by atoms with E-state index in [0.717, 1.165) is 0 Å².